The largest absolute Gasteiger partial charge is 0.0622 e. The SMILES string of the molecule is CC(C)(C)c1ccc(-c2ccccc2)cc1.CC(C)(C)c1ccc2ccccc2c1. The van der Waals surface area contributed by atoms with Crippen LogP contribution in [0.1, 0.15) is 52.7 Å². The van der Waals surface area contributed by atoms with Gasteiger partial charge in [-0.15, -0.1) is 0 Å². The molecule has 0 nitrogen and oxygen atoms in total. The lowest BCUT2D eigenvalue weighted by atomic mass is 9.86. The Morgan fingerprint density at radius 3 is 1.43 bits per heavy atom. The van der Waals surface area contributed by atoms with Gasteiger partial charge >= 0.3 is 0 Å². The number of fused-ring (bicyclic) bond motifs is 1. The van der Waals surface area contributed by atoms with Gasteiger partial charge in [-0.2, -0.15) is 0 Å². The molecule has 0 fully saturated rings. The Bertz CT molecular complexity index is 1070. The zero-order valence-electron chi connectivity index (χ0n) is 19.2. The van der Waals surface area contributed by atoms with Crippen LogP contribution < -0.4 is 0 Å². The van der Waals surface area contributed by atoms with Crippen molar-refractivity contribution in [2.45, 2.75) is 52.4 Å². The molecule has 0 bridgehead atoms. The van der Waals surface area contributed by atoms with Gasteiger partial charge in [0.2, 0.25) is 0 Å². The summed E-state index contributed by atoms with van der Waals surface area (Å²) < 4.78 is 0. The van der Waals surface area contributed by atoms with Crippen molar-refractivity contribution in [1.82, 2.24) is 0 Å². The van der Waals surface area contributed by atoms with Crippen LogP contribution in [0.2, 0.25) is 0 Å². The Labute approximate surface area is 182 Å². The third kappa shape index (κ3) is 5.60. The molecule has 0 amide bonds. The van der Waals surface area contributed by atoms with Gasteiger partial charge in [0.25, 0.3) is 0 Å². The van der Waals surface area contributed by atoms with Crippen molar-refractivity contribution >= 4 is 10.8 Å². The normalized spacial score (nSPS) is 11.7. The number of rotatable bonds is 1. The van der Waals surface area contributed by atoms with Crippen molar-refractivity contribution in [3.63, 3.8) is 0 Å². The minimum Gasteiger partial charge on any atom is -0.0622 e. The van der Waals surface area contributed by atoms with E-state index in [1.807, 2.05) is 6.07 Å². The fourth-order valence-electron chi connectivity index (χ4n) is 3.45. The Balaban J connectivity index is 0.000000172. The standard InChI is InChI=1S/C16H18.C14H16/c1-16(2,3)15-11-9-14(10-12-15)13-7-5-4-6-8-13;1-14(2,3)13-9-8-11-6-4-5-7-12(11)10-13/h4-12H,1-3H3;4-10H,1-3H3. The molecule has 0 unspecified atom stereocenters. The summed E-state index contributed by atoms with van der Waals surface area (Å²) in [4.78, 5) is 0. The van der Waals surface area contributed by atoms with Crippen LogP contribution in [0.3, 0.4) is 0 Å². The summed E-state index contributed by atoms with van der Waals surface area (Å²) in [5.74, 6) is 0. The van der Waals surface area contributed by atoms with Crippen LogP contribution in [0.25, 0.3) is 21.9 Å². The molecule has 0 aliphatic carbocycles. The van der Waals surface area contributed by atoms with Crippen LogP contribution in [-0.2, 0) is 10.8 Å². The molecule has 0 aliphatic heterocycles. The van der Waals surface area contributed by atoms with Crippen LogP contribution in [0.5, 0.6) is 0 Å². The highest BCUT2D eigenvalue weighted by Crippen LogP contribution is 2.26. The second-order valence-electron chi connectivity index (χ2n) is 10.0. The highest BCUT2D eigenvalue weighted by Gasteiger charge is 2.13. The van der Waals surface area contributed by atoms with Gasteiger partial charge in [0.05, 0.1) is 0 Å². The average molecular weight is 395 g/mol. The first-order chi connectivity index (χ1) is 14.1. The first kappa shape index (κ1) is 21.8. The lowest BCUT2D eigenvalue weighted by Crippen LogP contribution is -2.10. The second-order valence-corrected chi connectivity index (χ2v) is 10.0. The summed E-state index contributed by atoms with van der Waals surface area (Å²) in [6.07, 6.45) is 0. The van der Waals surface area contributed by atoms with E-state index in [9.17, 15) is 0 Å². The van der Waals surface area contributed by atoms with E-state index in [4.69, 9.17) is 0 Å². The molecule has 0 radical (unpaired) electrons. The predicted octanol–water partition coefficient (Wildman–Crippen LogP) is 8.79. The maximum absolute atomic E-state index is 2.29. The van der Waals surface area contributed by atoms with E-state index in [2.05, 4.69) is 133 Å². The molecule has 0 atom stereocenters. The molecule has 0 heteroatoms. The van der Waals surface area contributed by atoms with Gasteiger partial charge in [-0.25, -0.2) is 0 Å². The molecule has 0 spiro atoms. The lowest BCUT2D eigenvalue weighted by Gasteiger charge is -2.19. The number of hydrogen-bond donors (Lipinski definition) is 0. The fourth-order valence-corrected chi connectivity index (χ4v) is 3.45. The quantitative estimate of drug-likeness (QED) is 0.302. The highest BCUT2D eigenvalue weighted by molar-refractivity contribution is 5.83. The number of benzene rings is 4. The monoisotopic (exact) mass is 394 g/mol. The summed E-state index contributed by atoms with van der Waals surface area (Å²) in [5.41, 5.74) is 5.82. The smallest absolute Gasteiger partial charge is 0.0132 e. The Morgan fingerprint density at radius 1 is 0.400 bits per heavy atom. The van der Waals surface area contributed by atoms with Gasteiger partial charge in [-0.1, -0.05) is 139 Å². The van der Waals surface area contributed by atoms with Crippen molar-refractivity contribution in [1.29, 1.82) is 0 Å². The van der Waals surface area contributed by atoms with Gasteiger partial charge in [0.1, 0.15) is 0 Å². The van der Waals surface area contributed by atoms with E-state index in [1.165, 1.54) is 33.0 Å². The molecule has 4 aromatic rings. The lowest BCUT2D eigenvalue weighted by molar-refractivity contribution is 0.590. The van der Waals surface area contributed by atoms with Gasteiger partial charge < -0.3 is 0 Å². The molecule has 4 rings (SSSR count). The molecule has 0 heterocycles. The minimum absolute atomic E-state index is 0.231. The van der Waals surface area contributed by atoms with Crippen molar-refractivity contribution in [2.75, 3.05) is 0 Å². The molecule has 0 saturated carbocycles. The van der Waals surface area contributed by atoms with Gasteiger partial charge in [-0.05, 0) is 43.9 Å². The van der Waals surface area contributed by atoms with Crippen LogP contribution in [0.4, 0.5) is 0 Å². The molecule has 0 aromatic heterocycles. The molecule has 4 aromatic carbocycles. The maximum Gasteiger partial charge on any atom is -0.0132 e. The first-order valence-corrected chi connectivity index (χ1v) is 10.8. The van der Waals surface area contributed by atoms with Crippen LogP contribution in [-0.4, -0.2) is 0 Å². The molecule has 0 aliphatic rings. The van der Waals surface area contributed by atoms with Crippen molar-refractivity contribution in [3.05, 3.63) is 108 Å². The van der Waals surface area contributed by atoms with Gasteiger partial charge in [0, 0.05) is 0 Å². The molecule has 0 saturated heterocycles. The Morgan fingerprint density at radius 2 is 0.867 bits per heavy atom. The van der Waals surface area contributed by atoms with E-state index in [0.717, 1.165) is 0 Å². The topological polar surface area (TPSA) is 0 Å². The highest BCUT2D eigenvalue weighted by atomic mass is 14.2. The molecule has 154 valence electrons. The predicted molar refractivity (Wildman–Crippen MR) is 133 cm³/mol. The fraction of sp³-hybridized carbons (Fsp3) is 0.267. The number of hydrogen-bond acceptors (Lipinski definition) is 0. The van der Waals surface area contributed by atoms with Gasteiger partial charge in [-0.3, -0.25) is 0 Å². The summed E-state index contributed by atoms with van der Waals surface area (Å²) in [6.45, 7) is 13.5. The zero-order valence-corrected chi connectivity index (χ0v) is 19.2. The average Bonchev–Trinajstić information content (AvgIpc) is 2.73. The minimum atomic E-state index is 0.231. The van der Waals surface area contributed by atoms with E-state index in [-0.39, 0.29) is 10.8 Å². The molecule has 30 heavy (non-hydrogen) atoms. The molecular formula is C30H34. The molecule has 0 N–H and O–H groups in total. The summed E-state index contributed by atoms with van der Waals surface area (Å²) in [5, 5.41) is 2.65. The third-order valence-electron chi connectivity index (χ3n) is 5.47. The van der Waals surface area contributed by atoms with Crippen LogP contribution in [0.15, 0.2) is 97.1 Å². The Hall–Kier alpha value is -2.86. The van der Waals surface area contributed by atoms with Crippen molar-refractivity contribution < 1.29 is 0 Å². The van der Waals surface area contributed by atoms with Crippen molar-refractivity contribution in [2.24, 2.45) is 0 Å². The van der Waals surface area contributed by atoms with Crippen molar-refractivity contribution in [3.8, 4) is 11.1 Å². The maximum atomic E-state index is 2.29. The van der Waals surface area contributed by atoms with E-state index in [1.54, 1.807) is 0 Å². The van der Waals surface area contributed by atoms with Crippen LogP contribution in [0, 0.1) is 0 Å². The van der Waals surface area contributed by atoms with E-state index in [0.29, 0.717) is 0 Å². The van der Waals surface area contributed by atoms with E-state index >= 15 is 0 Å². The zero-order chi connectivity index (χ0) is 21.8. The Kier molecular flexibility index (Phi) is 6.46. The summed E-state index contributed by atoms with van der Waals surface area (Å²) in [6, 6.07) is 34.6. The molecular weight excluding hydrogens is 360 g/mol. The van der Waals surface area contributed by atoms with E-state index < -0.39 is 0 Å². The summed E-state index contributed by atoms with van der Waals surface area (Å²) >= 11 is 0. The third-order valence-corrected chi connectivity index (χ3v) is 5.47. The second kappa shape index (κ2) is 8.88. The first-order valence-electron chi connectivity index (χ1n) is 10.8. The van der Waals surface area contributed by atoms with Crippen LogP contribution >= 0.6 is 0 Å². The van der Waals surface area contributed by atoms with Gasteiger partial charge in [0.15, 0.2) is 0 Å². The summed E-state index contributed by atoms with van der Waals surface area (Å²) in [7, 11) is 0.